The standard InChI is InChI=1S/C12H10N4O/c17-12-14-7-13-11-10(15-8-16(11)12)6-9-4-2-1-3-5-9/h1-5,7-8H,6H2,(H,13,14,17). The lowest BCUT2D eigenvalue weighted by atomic mass is 10.1. The van der Waals surface area contributed by atoms with Gasteiger partial charge in [-0.1, -0.05) is 30.3 Å². The molecule has 17 heavy (non-hydrogen) atoms. The highest BCUT2D eigenvalue weighted by atomic mass is 16.1. The molecular weight excluding hydrogens is 216 g/mol. The highest BCUT2D eigenvalue weighted by molar-refractivity contribution is 5.45. The zero-order valence-corrected chi connectivity index (χ0v) is 9.00. The Balaban J connectivity index is 2.08. The van der Waals surface area contributed by atoms with E-state index in [-0.39, 0.29) is 5.69 Å². The predicted octanol–water partition coefficient (Wildman–Crippen LogP) is 1.01. The lowest BCUT2D eigenvalue weighted by Gasteiger charge is -1.98. The van der Waals surface area contributed by atoms with Gasteiger partial charge in [0.1, 0.15) is 6.33 Å². The second kappa shape index (κ2) is 3.86. The van der Waals surface area contributed by atoms with Crippen molar-refractivity contribution in [3.8, 4) is 0 Å². The molecule has 84 valence electrons. The molecule has 0 spiro atoms. The second-order valence-corrected chi connectivity index (χ2v) is 3.75. The molecule has 3 rings (SSSR count). The lowest BCUT2D eigenvalue weighted by Crippen LogP contribution is -2.15. The Morgan fingerprint density at radius 2 is 2.00 bits per heavy atom. The van der Waals surface area contributed by atoms with Crippen LogP contribution in [0.15, 0.2) is 47.8 Å². The first-order valence-electron chi connectivity index (χ1n) is 5.28. The van der Waals surface area contributed by atoms with Crippen LogP contribution >= 0.6 is 0 Å². The Labute approximate surface area is 96.8 Å². The van der Waals surface area contributed by atoms with Crippen LogP contribution in [-0.4, -0.2) is 19.4 Å². The fourth-order valence-corrected chi connectivity index (χ4v) is 1.80. The van der Waals surface area contributed by atoms with Crippen LogP contribution in [0.1, 0.15) is 11.3 Å². The molecule has 5 nitrogen and oxygen atoms in total. The summed E-state index contributed by atoms with van der Waals surface area (Å²) in [6, 6.07) is 9.98. The Morgan fingerprint density at radius 3 is 2.82 bits per heavy atom. The van der Waals surface area contributed by atoms with E-state index >= 15 is 0 Å². The first kappa shape index (κ1) is 9.77. The van der Waals surface area contributed by atoms with Crippen molar-refractivity contribution in [1.29, 1.82) is 0 Å². The molecule has 0 fully saturated rings. The maximum Gasteiger partial charge on any atom is 0.333 e. The molecule has 0 aliphatic heterocycles. The number of hydrogen-bond acceptors (Lipinski definition) is 3. The van der Waals surface area contributed by atoms with E-state index in [2.05, 4.69) is 15.0 Å². The van der Waals surface area contributed by atoms with E-state index in [0.29, 0.717) is 12.1 Å². The fraction of sp³-hybridized carbons (Fsp3) is 0.0833. The average molecular weight is 226 g/mol. The summed E-state index contributed by atoms with van der Waals surface area (Å²) in [6.45, 7) is 0. The van der Waals surface area contributed by atoms with Gasteiger partial charge in [0.2, 0.25) is 0 Å². The number of benzene rings is 1. The first-order valence-corrected chi connectivity index (χ1v) is 5.28. The van der Waals surface area contributed by atoms with E-state index in [0.717, 1.165) is 11.3 Å². The van der Waals surface area contributed by atoms with E-state index in [9.17, 15) is 4.79 Å². The number of nitrogens with one attached hydrogen (secondary N) is 1. The van der Waals surface area contributed by atoms with E-state index in [1.54, 1.807) is 0 Å². The summed E-state index contributed by atoms with van der Waals surface area (Å²) in [7, 11) is 0. The minimum atomic E-state index is -0.221. The number of aromatic nitrogens is 4. The number of rotatable bonds is 2. The monoisotopic (exact) mass is 226 g/mol. The number of H-pyrrole nitrogens is 1. The maximum absolute atomic E-state index is 11.5. The third kappa shape index (κ3) is 1.71. The summed E-state index contributed by atoms with van der Waals surface area (Å²) >= 11 is 0. The van der Waals surface area contributed by atoms with Crippen LogP contribution in [-0.2, 0) is 6.42 Å². The van der Waals surface area contributed by atoms with Crippen molar-refractivity contribution in [2.75, 3.05) is 0 Å². The molecule has 1 N–H and O–H groups in total. The zero-order chi connectivity index (χ0) is 11.7. The molecule has 0 radical (unpaired) electrons. The SMILES string of the molecule is O=c1[nH]cnc2c(Cc3ccccc3)ncn12. The van der Waals surface area contributed by atoms with Crippen LogP contribution < -0.4 is 5.69 Å². The van der Waals surface area contributed by atoms with Gasteiger partial charge in [-0.2, -0.15) is 0 Å². The van der Waals surface area contributed by atoms with Gasteiger partial charge in [-0.3, -0.25) is 4.98 Å². The Bertz CT molecular complexity index is 699. The number of nitrogens with zero attached hydrogens (tertiary/aromatic N) is 3. The number of imidazole rings is 1. The van der Waals surface area contributed by atoms with Crippen LogP contribution in [0.3, 0.4) is 0 Å². The lowest BCUT2D eigenvalue weighted by molar-refractivity contribution is 0.947. The Kier molecular flexibility index (Phi) is 2.22. The molecule has 5 heteroatoms. The number of hydrogen-bond donors (Lipinski definition) is 1. The van der Waals surface area contributed by atoms with Crippen molar-refractivity contribution in [3.05, 3.63) is 64.7 Å². The van der Waals surface area contributed by atoms with Crippen molar-refractivity contribution in [2.45, 2.75) is 6.42 Å². The van der Waals surface area contributed by atoms with Crippen molar-refractivity contribution in [2.24, 2.45) is 0 Å². The van der Waals surface area contributed by atoms with Gasteiger partial charge in [0.05, 0.1) is 12.0 Å². The predicted molar refractivity (Wildman–Crippen MR) is 62.9 cm³/mol. The molecule has 1 aromatic carbocycles. The van der Waals surface area contributed by atoms with Crippen LogP contribution in [0.4, 0.5) is 0 Å². The molecule has 0 atom stereocenters. The summed E-state index contributed by atoms with van der Waals surface area (Å²) in [5.74, 6) is 0. The molecular formula is C12H10N4O. The summed E-state index contributed by atoms with van der Waals surface area (Å²) < 4.78 is 1.41. The second-order valence-electron chi connectivity index (χ2n) is 3.75. The smallest absolute Gasteiger partial charge is 0.298 e. The van der Waals surface area contributed by atoms with Crippen LogP contribution in [0.5, 0.6) is 0 Å². The van der Waals surface area contributed by atoms with Gasteiger partial charge < -0.3 is 0 Å². The molecule has 2 heterocycles. The van der Waals surface area contributed by atoms with Gasteiger partial charge in [-0.05, 0) is 5.56 Å². The topological polar surface area (TPSA) is 63.0 Å². The van der Waals surface area contributed by atoms with Crippen molar-refractivity contribution >= 4 is 5.65 Å². The highest BCUT2D eigenvalue weighted by Crippen LogP contribution is 2.10. The minimum absolute atomic E-state index is 0.221. The van der Waals surface area contributed by atoms with Gasteiger partial charge in [0, 0.05) is 6.42 Å². The first-order chi connectivity index (χ1) is 8.34. The molecule has 0 aliphatic carbocycles. The van der Waals surface area contributed by atoms with Gasteiger partial charge in [-0.15, -0.1) is 0 Å². The summed E-state index contributed by atoms with van der Waals surface area (Å²) in [5, 5.41) is 0. The van der Waals surface area contributed by atoms with Crippen molar-refractivity contribution in [1.82, 2.24) is 19.4 Å². The third-order valence-corrected chi connectivity index (χ3v) is 2.62. The maximum atomic E-state index is 11.5. The molecule has 0 aliphatic rings. The summed E-state index contributed by atoms with van der Waals surface area (Å²) in [4.78, 5) is 22.4. The fourth-order valence-electron chi connectivity index (χ4n) is 1.80. The van der Waals surface area contributed by atoms with Crippen LogP contribution in [0, 0.1) is 0 Å². The number of fused-ring (bicyclic) bond motifs is 1. The van der Waals surface area contributed by atoms with E-state index in [4.69, 9.17) is 0 Å². The minimum Gasteiger partial charge on any atom is -0.298 e. The Morgan fingerprint density at radius 1 is 1.18 bits per heavy atom. The third-order valence-electron chi connectivity index (χ3n) is 2.62. The largest absolute Gasteiger partial charge is 0.333 e. The molecule has 0 unspecified atom stereocenters. The molecule has 0 amide bonds. The quantitative estimate of drug-likeness (QED) is 0.709. The molecule has 3 aromatic rings. The normalized spacial score (nSPS) is 10.8. The molecule has 0 saturated carbocycles. The van der Waals surface area contributed by atoms with E-state index < -0.39 is 0 Å². The highest BCUT2D eigenvalue weighted by Gasteiger charge is 2.07. The molecule has 0 saturated heterocycles. The van der Waals surface area contributed by atoms with E-state index in [1.165, 1.54) is 17.1 Å². The van der Waals surface area contributed by atoms with E-state index in [1.807, 2.05) is 30.3 Å². The number of aromatic amines is 1. The van der Waals surface area contributed by atoms with Crippen LogP contribution in [0.25, 0.3) is 5.65 Å². The van der Waals surface area contributed by atoms with Crippen molar-refractivity contribution in [3.63, 3.8) is 0 Å². The average Bonchev–Trinajstić information content (AvgIpc) is 2.76. The summed E-state index contributed by atoms with van der Waals surface area (Å²) in [5.41, 5.74) is 2.34. The van der Waals surface area contributed by atoms with Gasteiger partial charge >= 0.3 is 5.69 Å². The van der Waals surface area contributed by atoms with Gasteiger partial charge in [0.25, 0.3) is 0 Å². The zero-order valence-electron chi connectivity index (χ0n) is 9.00. The van der Waals surface area contributed by atoms with Crippen LogP contribution in [0.2, 0.25) is 0 Å². The van der Waals surface area contributed by atoms with Gasteiger partial charge in [-0.25, -0.2) is 19.2 Å². The van der Waals surface area contributed by atoms with Gasteiger partial charge in [0.15, 0.2) is 5.65 Å². The molecule has 2 aromatic heterocycles. The summed E-state index contributed by atoms with van der Waals surface area (Å²) in [6.07, 6.45) is 3.57. The Hall–Kier alpha value is -2.43. The molecule has 0 bridgehead atoms. The van der Waals surface area contributed by atoms with Crippen molar-refractivity contribution < 1.29 is 0 Å².